The van der Waals surface area contributed by atoms with Gasteiger partial charge in [0.05, 0.1) is 12.2 Å². The van der Waals surface area contributed by atoms with Crippen molar-refractivity contribution >= 4 is 41.4 Å². The summed E-state index contributed by atoms with van der Waals surface area (Å²) in [7, 11) is 0. The molecule has 2 aromatic rings. The molecule has 0 radical (unpaired) electrons. The van der Waals surface area contributed by atoms with Gasteiger partial charge in [0.25, 0.3) is 0 Å². The first kappa shape index (κ1) is 17.8. The van der Waals surface area contributed by atoms with Gasteiger partial charge in [0.1, 0.15) is 6.29 Å². The smallest absolute Gasteiger partial charge is 0.340 e. The lowest BCUT2D eigenvalue weighted by Gasteiger charge is -2.04. The van der Waals surface area contributed by atoms with Crippen LogP contribution in [0, 0.1) is 0 Å². The third kappa shape index (κ3) is 4.63. The van der Waals surface area contributed by atoms with Crippen molar-refractivity contribution in [2.24, 2.45) is 0 Å². The lowest BCUT2D eigenvalue weighted by atomic mass is 10.1. The van der Waals surface area contributed by atoms with Crippen LogP contribution in [0.25, 0.3) is 12.2 Å². The first-order valence-corrected chi connectivity index (χ1v) is 6.59. The zero-order valence-electron chi connectivity index (χ0n) is 12.1. The van der Waals surface area contributed by atoms with Crippen molar-refractivity contribution in [3.8, 4) is 0 Å². The summed E-state index contributed by atoms with van der Waals surface area (Å²) in [5.74, 6) is -0.387. The average Bonchev–Trinajstić information content (AvgIpc) is 2.54. The van der Waals surface area contributed by atoms with E-state index in [1.807, 2.05) is 24.3 Å². The lowest BCUT2D eigenvalue weighted by Crippen LogP contribution is -2.06. The third-order valence-corrected chi connectivity index (χ3v) is 2.88. The zero-order valence-corrected chi connectivity index (χ0v) is 13.8. The molecule has 0 amide bonds. The summed E-state index contributed by atoms with van der Waals surface area (Å²) in [5, 5.41) is 0. The summed E-state index contributed by atoms with van der Waals surface area (Å²) in [6, 6.07) is 8.91. The Kier molecular flexibility index (Phi) is 7.19. The van der Waals surface area contributed by atoms with Crippen LogP contribution in [0.5, 0.6) is 0 Å². The van der Waals surface area contributed by atoms with Gasteiger partial charge in [-0.05, 0) is 24.1 Å². The number of benzene rings is 1. The molecule has 0 N–H and O–H groups in total. The molecule has 0 atom stereocenters. The number of carbonyl (C=O) groups is 2. The molecular formula is C17H16BrNO3. The topological polar surface area (TPSA) is 56.3 Å². The Morgan fingerprint density at radius 1 is 1.14 bits per heavy atom. The average molecular weight is 362 g/mol. The molecule has 0 unspecified atom stereocenters. The molecule has 2 rings (SSSR count). The van der Waals surface area contributed by atoms with Gasteiger partial charge in [-0.25, -0.2) is 4.79 Å². The minimum absolute atomic E-state index is 0. The molecule has 0 fully saturated rings. The number of halogens is 1. The number of aromatic nitrogens is 1. The highest BCUT2D eigenvalue weighted by atomic mass is 79.9. The number of esters is 1. The van der Waals surface area contributed by atoms with Crippen LogP contribution in [0.1, 0.15) is 38.8 Å². The maximum absolute atomic E-state index is 11.8. The maximum Gasteiger partial charge on any atom is 0.340 e. The van der Waals surface area contributed by atoms with Crippen LogP contribution in [0.2, 0.25) is 0 Å². The Morgan fingerprint density at radius 3 is 2.45 bits per heavy atom. The number of aldehydes is 1. The van der Waals surface area contributed by atoms with Crippen LogP contribution in [0.3, 0.4) is 0 Å². The number of hydrogen-bond donors (Lipinski definition) is 0. The monoisotopic (exact) mass is 361 g/mol. The molecule has 0 aliphatic rings. The van der Waals surface area contributed by atoms with E-state index in [9.17, 15) is 9.59 Å². The van der Waals surface area contributed by atoms with Crippen molar-refractivity contribution in [2.45, 2.75) is 6.92 Å². The van der Waals surface area contributed by atoms with E-state index in [0.717, 1.165) is 17.4 Å². The summed E-state index contributed by atoms with van der Waals surface area (Å²) in [6.45, 7) is 2.09. The molecule has 1 heterocycles. The van der Waals surface area contributed by atoms with Crippen molar-refractivity contribution in [3.63, 3.8) is 0 Å². The van der Waals surface area contributed by atoms with E-state index < -0.39 is 0 Å². The fourth-order valence-corrected chi connectivity index (χ4v) is 1.80. The summed E-state index contributed by atoms with van der Waals surface area (Å²) in [6.07, 6.45) is 7.61. The third-order valence-electron chi connectivity index (χ3n) is 2.88. The van der Waals surface area contributed by atoms with E-state index in [-0.39, 0.29) is 23.0 Å². The number of pyridine rings is 1. The van der Waals surface area contributed by atoms with Crippen molar-refractivity contribution in [2.75, 3.05) is 6.61 Å². The minimum atomic E-state index is -0.387. The number of rotatable bonds is 5. The van der Waals surface area contributed by atoms with Crippen molar-refractivity contribution in [1.29, 1.82) is 0 Å². The fourth-order valence-electron chi connectivity index (χ4n) is 1.80. The Hall–Kier alpha value is -2.27. The van der Waals surface area contributed by atoms with Gasteiger partial charge in [-0.3, -0.25) is 9.78 Å². The van der Waals surface area contributed by atoms with Gasteiger partial charge in [0.15, 0.2) is 0 Å². The van der Waals surface area contributed by atoms with Gasteiger partial charge in [-0.1, -0.05) is 36.4 Å². The molecule has 114 valence electrons. The van der Waals surface area contributed by atoms with E-state index in [4.69, 9.17) is 4.74 Å². The zero-order chi connectivity index (χ0) is 15.1. The lowest BCUT2D eigenvalue weighted by molar-refractivity contribution is 0.0525. The van der Waals surface area contributed by atoms with Crippen LogP contribution in [0.15, 0.2) is 42.7 Å². The van der Waals surface area contributed by atoms with Crippen molar-refractivity contribution < 1.29 is 14.3 Å². The van der Waals surface area contributed by atoms with Gasteiger partial charge in [-0.2, -0.15) is 0 Å². The predicted molar refractivity (Wildman–Crippen MR) is 91.3 cm³/mol. The van der Waals surface area contributed by atoms with Gasteiger partial charge in [0.2, 0.25) is 0 Å². The second kappa shape index (κ2) is 8.89. The van der Waals surface area contributed by atoms with Crippen molar-refractivity contribution in [3.05, 3.63) is 65.0 Å². The summed E-state index contributed by atoms with van der Waals surface area (Å²) < 4.78 is 5.00. The summed E-state index contributed by atoms with van der Waals surface area (Å²) >= 11 is 0. The quantitative estimate of drug-likeness (QED) is 0.599. The van der Waals surface area contributed by atoms with Gasteiger partial charge in [0, 0.05) is 18.0 Å². The number of carbonyl (C=O) groups excluding carboxylic acids is 2. The van der Waals surface area contributed by atoms with Crippen LogP contribution in [-0.2, 0) is 4.74 Å². The van der Waals surface area contributed by atoms with Crippen LogP contribution < -0.4 is 0 Å². The second-order valence-electron chi connectivity index (χ2n) is 4.30. The highest BCUT2D eigenvalue weighted by Gasteiger charge is 2.10. The van der Waals surface area contributed by atoms with Crippen LogP contribution in [0.4, 0.5) is 0 Å². The Labute approximate surface area is 139 Å². The van der Waals surface area contributed by atoms with Gasteiger partial charge < -0.3 is 4.74 Å². The van der Waals surface area contributed by atoms with E-state index in [0.29, 0.717) is 17.7 Å². The summed E-state index contributed by atoms with van der Waals surface area (Å²) in [4.78, 5) is 26.4. The fraction of sp³-hybridized carbons (Fsp3) is 0.118. The van der Waals surface area contributed by atoms with Crippen molar-refractivity contribution in [1.82, 2.24) is 4.98 Å². The molecule has 22 heavy (non-hydrogen) atoms. The predicted octanol–water partition coefficient (Wildman–Crippen LogP) is 3.82. The molecule has 1 aromatic heterocycles. The van der Waals surface area contributed by atoms with Crippen LogP contribution >= 0.6 is 17.0 Å². The highest BCUT2D eigenvalue weighted by Crippen LogP contribution is 2.14. The molecule has 4 nitrogen and oxygen atoms in total. The molecule has 1 aromatic carbocycles. The van der Waals surface area contributed by atoms with Crippen LogP contribution in [-0.4, -0.2) is 23.8 Å². The number of nitrogens with zero attached hydrogens (tertiary/aromatic N) is 1. The largest absolute Gasteiger partial charge is 0.462 e. The van der Waals surface area contributed by atoms with Gasteiger partial charge in [-0.15, -0.1) is 17.0 Å². The molecular weight excluding hydrogens is 346 g/mol. The highest BCUT2D eigenvalue weighted by molar-refractivity contribution is 8.93. The number of hydrogen-bond acceptors (Lipinski definition) is 4. The first-order chi connectivity index (χ1) is 10.2. The molecule has 0 spiro atoms. The SMILES string of the molecule is Br.CCOC(=O)c1cnccc1C=Cc1ccc(C=O)cc1. The standard InChI is InChI=1S/C17H15NO3.BrH/c1-2-21-17(20)16-11-18-10-9-15(16)8-7-13-3-5-14(12-19)6-4-13;/h3-12H,2H2,1H3;1H. The number of ether oxygens (including phenoxy) is 1. The second-order valence-corrected chi connectivity index (χ2v) is 4.30. The molecule has 0 aliphatic heterocycles. The summed E-state index contributed by atoms with van der Waals surface area (Å²) in [5.41, 5.74) is 2.73. The molecule has 0 bridgehead atoms. The van der Waals surface area contributed by atoms with E-state index in [1.165, 1.54) is 6.20 Å². The normalized spacial score (nSPS) is 10.0. The van der Waals surface area contributed by atoms with Gasteiger partial charge >= 0.3 is 5.97 Å². The minimum Gasteiger partial charge on any atom is -0.462 e. The molecule has 5 heteroatoms. The molecule has 0 saturated carbocycles. The van der Waals surface area contributed by atoms with E-state index in [2.05, 4.69) is 4.98 Å². The molecule has 0 aliphatic carbocycles. The Bertz CT molecular complexity index is 666. The van der Waals surface area contributed by atoms with E-state index in [1.54, 1.807) is 31.3 Å². The Balaban J connectivity index is 0.00000242. The molecule has 0 saturated heterocycles. The Morgan fingerprint density at radius 2 is 1.82 bits per heavy atom. The maximum atomic E-state index is 11.8. The first-order valence-electron chi connectivity index (χ1n) is 6.59. The van der Waals surface area contributed by atoms with E-state index >= 15 is 0 Å².